The number of carbonyl (C=O) groups excluding carboxylic acids is 9. The quantitative estimate of drug-likeness (QED) is 0.0321. The van der Waals surface area contributed by atoms with Crippen molar-refractivity contribution in [3.8, 4) is 11.5 Å². The van der Waals surface area contributed by atoms with Gasteiger partial charge in [-0.05, 0) is 128 Å². The van der Waals surface area contributed by atoms with Gasteiger partial charge >= 0.3 is 48.7 Å². The molecule has 0 saturated heterocycles. The molecule has 95 heavy (non-hydrogen) atoms. The first-order chi connectivity index (χ1) is 43.5. The molecule has 4 amide bonds. The van der Waals surface area contributed by atoms with Crippen molar-refractivity contribution in [1.82, 2.24) is 19.6 Å². The molecule has 0 aliphatic rings. The predicted octanol–water partition coefficient (Wildman–Crippen LogP) is 10.8. The van der Waals surface area contributed by atoms with Crippen molar-refractivity contribution < 1.29 is 116 Å². The van der Waals surface area contributed by atoms with Crippen LogP contribution in [0.4, 0.5) is 39.9 Å². The zero-order valence-electron chi connectivity index (χ0n) is 56.5. The molecule has 0 aromatic heterocycles. The largest absolute Gasteiger partial charge is 0.573 e. The van der Waals surface area contributed by atoms with E-state index in [0.29, 0.717) is 10.5 Å². The number of halogens is 8. The van der Waals surface area contributed by atoms with E-state index in [9.17, 15) is 69.5 Å². The van der Waals surface area contributed by atoms with E-state index >= 15 is 8.78 Å². The van der Waals surface area contributed by atoms with Gasteiger partial charge in [-0.3, -0.25) is 19.3 Å². The fourth-order valence-electron chi connectivity index (χ4n) is 9.42. The highest BCUT2D eigenvalue weighted by atomic mass is 19.4. The second-order valence-electron chi connectivity index (χ2n) is 26.0. The summed E-state index contributed by atoms with van der Waals surface area (Å²) in [4.78, 5) is 131. The van der Waals surface area contributed by atoms with Crippen molar-refractivity contribution in [2.24, 2.45) is 11.8 Å². The lowest BCUT2D eigenvalue weighted by Crippen LogP contribution is -2.54. The second kappa shape index (κ2) is 34.4. The summed E-state index contributed by atoms with van der Waals surface area (Å²) in [5, 5.41) is 0. The minimum absolute atomic E-state index is 0.0394. The smallest absolute Gasteiger partial charge is 0.458 e. The van der Waals surface area contributed by atoms with Crippen LogP contribution in [-0.2, 0) is 86.2 Å². The molecule has 0 aliphatic heterocycles. The Morgan fingerprint density at radius 3 is 1.12 bits per heavy atom. The summed E-state index contributed by atoms with van der Waals surface area (Å²) in [6.45, 7) is 17.8. The lowest BCUT2D eigenvalue weighted by molar-refractivity contribution is -0.275. The van der Waals surface area contributed by atoms with Gasteiger partial charge in [0.2, 0.25) is 6.10 Å². The van der Waals surface area contributed by atoms with Crippen LogP contribution in [0.25, 0.3) is 0 Å². The maximum Gasteiger partial charge on any atom is 0.573 e. The summed E-state index contributed by atoms with van der Waals surface area (Å²) in [7, 11) is 4.51. The van der Waals surface area contributed by atoms with Gasteiger partial charge < -0.3 is 52.6 Å². The third-order valence-corrected chi connectivity index (χ3v) is 14.1. The molecule has 0 fully saturated rings. The monoisotopic (exact) mass is 1360 g/mol. The average molecular weight is 1360 g/mol. The van der Waals surface area contributed by atoms with Gasteiger partial charge in [-0.2, -0.15) is 0 Å². The molecule has 0 bridgehead atoms. The van der Waals surface area contributed by atoms with E-state index in [1.807, 2.05) is 0 Å². The summed E-state index contributed by atoms with van der Waals surface area (Å²) in [6, 6.07) is 9.73. The first-order valence-electron chi connectivity index (χ1n) is 30.4. The highest BCUT2D eigenvalue weighted by Crippen LogP contribution is 2.29. The molecule has 3 aromatic carbocycles. The van der Waals surface area contributed by atoms with E-state index in [4.69, 9.17) is 28.4 Å². The fraction of sp³-hybridized carbons (Fsp3) is 0.591. The number of benzene rings is 3. The molecule has 0 aliphatic carbocycles. The van der Waals surface area contributed by atoms with Gasteiger partial charge in [-0.15, -0.1) is 26.3 Å². The number of hydrogen-bond acceptors (Lipinski definition) is 17. The van der Waals surface area contributed by atoms with Gasteiger partial charge in [0, 0.05) is 53.9 Å². The SMILES string of the molecule is CC(C)C[C@@H](C(=O)O[C@H](C)C(=O)N(C)[C@@H](CC(C)(C)F)C(=O)O[C@H](Cc1ccc(OC(F)(F)F)cc1)C(=O)N(C)[C@@H](CC(C)C)C(=O)O[C@H](C)C(=O)N(C)[C@H](CC(C)(C)F)C(=O)O[C@H](Cc1ccc(OC(F)(F)F)cc1)C(=O)OCc1ccccc1)N(C)C(=O)OC(C)(C)C. The van der Waals surface area contributed by atoms with Crippen molar-refractivity contribution in [2.45, 2.75) is 213 Å². The molecule has 8 atom stereocenters. The van der Waals surface area contributed by atoms with Crippen LogP contribution in [0.15, 0.2) is 78.9 Å². The summed E-state index contributed by atoms with van der Waals surface area (Å²) >= 11 is 0. The standard InChI is InChI=1S/C66H88F8N4O17/c1-38(2)31-47(56(82)89-40(5)53(79)77(16)50(36-64(12,13)68)59(85)92-52(60(86)88-37-44-21-19-18-20-22-44)34-43-25-29-46(30-26-43)94-66(72,73)74)75(14)55(81)51(33-42-23-27-45(28-24-42)93-65(69,70)71)91-58(84)49(35-63(10,11)67)76(15)54(80)41(6)90-57(83)48(32-39(3)4)78(17)61(87)95-62(7,8)9/h18-30,38-41,47-52H,31-37H2,1-17H3/t40-,41-,47+,48+,49+,50-,51-,52-/m1/s1. The number of hydrogen-bond donors (Lipinski definition) is 0. The van der Waals surface area contributed by atoms with E-state index in [1.165, 1.54) is 7.05 Å². The molecule has 21 nitrogen and oxygen atoms in total. The zero-order chi connectivity index (χ0) is 72.5. The normalized spacial score (nSPS) is 14.7. The second-order valence-corrected chi connectivity index (χ2v) is 26.0. The van der Waals surface area contributed by atoms with Crippen LogP contribution in [0.1, 0.15) is 132 Å². The van der Waals surface area contributed by atoms with Gasteiger partial charge in [-0.1, -0.05) is 82.3 Å². The molecular weight excluding hydrogens is 1270 g/mol. The van der Waals surface area contributed by atoms with Crippen molar-refractivity contribution in [3.63, 3.8) is 0 Å². The lowest BCUT2D eigenvalue weighted by Gasteiger charge is -2.35. The summed E-state index contributed by atoms with van der Waals surface area (Å²) in [5.74, 6) is -11.6. The highest BCUT2D eigenvalue weighted by Gasteiger charge is 2.44. The zero-order valence-corrected chi connectivity index (χ0v) is 56.5. The minimum atomic E-state index is -5.11. The van der Waals surface area contributed by atoms with Gasteiger partial charge in [0.15, 0.2) is 18.3 Å². The van der Waals surface area contributed by atoms with E-state index in [-0.39, 0.29) is 36.5 Å². The predicted molar refractivity (Wildman–Crippen MR) is 327 cm³/mol. The maximum absolute atomic E-state index is 15.8. The Bertz CT molecular complexity index is 3060. The fourth-order valence-corrected chi connectivity index (χ4v) is 9.42. The Morgan fingerprint density at radius 2 is 0.758 bits per heavy atom. The number of carbonyl (C=O) groups is 9. The Labute approximate surface area is 548 Å². The molecular formula is C66H88F8N4O17. The summed E-state index contributed by atoms with van der Waals surface area (Å²) < 4.78 is 152. The van der Waals surface area contributed by atoms with E-state index < -0.39 is 175 Å². The van der Waals surface area contributed by atoms with Crippen LogP contribution >= 0.6 is 0 Å². The molecule has 530 valence electrons. The first kappa shape index (κ1) is 81.0. The number of alkyl halides is 8. The van der Waals surface area contributed by atoms with Crippen LogP contribution in [0.2, 0.25) is 0 Å². The van der Waals surface area contributed by atoms with Crippen molar-refractivity contribution in [3.05, 3.63) is 95.6 Å². The van der Waals surface area contributed by atoms with E-state index in [2.05, 4.69) is 9.47 Å². The number of likely N-dealkylation sites (N-methyl/N-ethyl adjacent to an activating group) is 4. The van der Waals surface area contributed by atoms with Crippen LogP contribution < -0.4 is 9.47 Å². The number of rotatable bonds is 32. The third-order valence-electron chi connectivity index (χ3n) is 14.1. The number of ether oxygens (including phenoxy) is 8. The molecule has 0 saturated carbocycles. The first-order valence-corrected chi connectivity index (χ1v) is 30.4. The van der Waals surface area contributed by atoms with Crippen molar-refractivity contribution in [2.75, 3.05) is 28.2 Å². The molecule has 0 N–H and O–H groups in total. The van der Waals surface area contributed by atoms with Gasteiger partial charge in [0.25, 0.3) is 17.7 Å². The Balaban J connectivity index is 2.03. The summed E-state index contributed by atoms with van der Waals surface area (Å²) in [6.07, 6.45) is -21.4. The molecule has 0 radical (unpaired) electrons. The third kappa shape index (κ3) is 28.3. The van der Waals surface area contributed by atoms with Crippen LogP contribution in [0.5, 0.6) is 11.5 Å². The number of esters is 5. The average Bonchev–Trinajstić information content (AvgIpc) is 0.837. The number of nitrogens with zero attached hydrogens (tertiary/aromatic N) is 4. The van der Waals surface area contributed by atoms with Gasteiger partial charge in [0.05, 0.1) is 0 Å². The van der Waals surface area contributed by atoms with E-state index in [1.54, 1.807) is 78.8 Å². The molecule has 0 spiro atoms. The Kier molecular flexibility index (Phi) is 29.3. The van der Waals surface area contributed by atoms with Crippen LogP contribution in [-0.4, -0.2) is 180 Å². The highest BCUT2D eigenvalue weighted by molar-refractivity contribution is 5.93. The van der Waals surface area contributed by atoms with Crippen LogP contribution in [0, 0.1) is 11.8 Å². The molecule has 3 rings (SSSR count). The van der Waals surface area contributed by atoms with E-state index in [0.717, 1.165) is 126 Å². The number of amides is 4. The molecule has 0 heterocycles. The maximum atomic E-state index is 15.8. The molecule has 0 unspecified atom stereocenters. The lowest BCUT2D eigenvalue weighted by atomic mass is 9.98. The van der Waals surface area contributed by atoms with Crippen molar-refractivity contribution >= 4 is 53.7 Å². The topological polar surface area (TPSA) is 240 Å². The Morgan fingerprint density at radius 1 is 0.411 bits per heavy atom. The van der Waals surface area contributed by atoms with Gasteiger partial charge in [-0.25, -0.2) is 37.5 Å². The minimum Gasteiger partial charge on any atom is -0.458 e. The van der Waals surface area contributed by atoms with Crippen molar-refractivity contribution in [1.29, 1.82) is 0 Å². The molecule has 29 heteroatoms. The van der Waals surface area contributed by atoms with Crippen LogP contribution in [0.3, 0.4) is 0 Å². The molecule has 3 aromatic rings. The van der Waals surface area contributed by atoms with Gasteiger partial charge in [0.1, 0.15) is 59.2 Å². The Hall–Kier alpha value is -8.27. The summed E-state index contributed by atoms with van der Waals surface area (Å²) in [5.41, 5.74) is -4.77.